The van der Waals surface area contributed by atoms with Crippen molar-refractivity contribution in [2.75, 3.05) is 13.1 Å². The van der Waals surface area contributed by atoms with Crippen LogP contribution < -0.4 is 5.73 Å². The van der Waals surface area contributed by atoms with Crippen molar-refractivity contribution >= 4 is 16.8 Å². The standard InChI is InChI=1S/C32H34F3N3O/c1-21-15-25(17-27(16-21)32(33,34)35)19-37-13-11-24(12-14-37)20-38-22(2)29(28-5-3-4-6-30(28)38)18-23-7-9-26(10-8-23)31(36)39/h3-10,15-17,24H,11-14,18-20H2,1-2H3,(H2,36,39). The molecule has 1 aromatic heterocycles. The lowest BCUT2D eigenvalue weighted by Gasteiger charge is -2.32. The van der Waals surface area contributed by atoms with Gasteiger partial charge in [-0.05, 0) is 99.1 Å². The number of piperidine rings is 1. The van der Waals surface area contributed by atoms with E-state index in [2.05, 4.69) is 40.7 Å². The fourth-order valence-electron chi connectivity index (χ4n) is 5.91. The number of amides is 1. The zero-order chi connectivity index (χ0) is 27.7. The van der Waals surface area contributed by atoms with Gasteiger partial charge < -0.3 is 10.3 Å². The summed E-state index contributed by atoms with van der Waals surface area (Å²) in [7, 11) is 0. The van der Waals surface area contributed by atoms with E-state index in [1.54, 1.807) is 19.1 Å². The number of hydrogen-bond acceptors (Lipinski definition) is 2. The van der Waals surface area contributed by atoms with Crippen LogP contribution in [0.4, 0.5) is 13.2 Å². The fraction of sp³-hybridized carbons (Fsp3) is 0.344. The predicted octanol–water partition coefficient (Wildman–Crippen LogP) is 6.88. The summed E-state index contributed by atoms with van der Waals surface area (Å²) in [5, 5.41) is 1.24. The molecule has 4 nitrogen and oxygen atoms in total. The zero-order valence-electron chi connectivity index (χ0n) is 22.4. The summed E-state index contributed by atoms with van der Waals surface area (Å²) in [6.45, 7) is 7.11. The molecule has 0 unspecified atom stereocenters. The summed E-state index contributed by atoms with van der Waals surface area (Å²) in [6, 6.07) is 20.3. The molecule has 0 bridgehead atoms. The molecule has 39 heavy (non-hydrogen) atoms. The van der Waals surface area contributed by atoms with E-state index in [1.165, 1.54) is 34.3 Å². The number of primary amides is 1. The van der Waals surface area contributed by atoms with Crippen molar-refractivity contribution < 1.29 is 18.0 Å². The number of nitrogens with zero attached hydrogens (tertiary/aromatic N) is 2. The Kier molecular flexibility index (Phi) is 7.54. The van der Waals surface area contributed by atoms with Gasteiger partial charge in [0.15, 0.2) is 0 Å². The number of aryl methyl sites for hydroxylation is 1. The minimum absolute atomic E-state index is 0.426. The van der Waals surface area contributed by atoms with Gasteiger partial charge in [-0.15, -0.1) is 0 Å². The molecule has 0 radical (unpaired) electrons. The number of likely N-dealkylation sites (tertiary alicyclic amines) is 1. The van der Waals surface area contributed by atoms with Crippen molar-refractivity contribution in [1.82, 2.24) is 9.47 Å². The van der Waals surface area contributed by atoms with Gasteiger partial charge >= 0.3 is 6.18 Å². The van der Waals surface area contributed by atoms with Crippen LogP contribution in [0.5, 0.6) is 0 Å². The maximum atomic E-state index is 13.3. The Morgan fingerprint density at radius 1 is 0.949 bits per heavy atom. The smallest absolute Gasteiger partial charge is 0.366 e. The van der Waals surface area contributed by atoms with E-state index in [9.17, 15) is 18.0 Å². The number of hydrogen-bond donors (Lipinski definition) is 1. The first kappa shape index (κ1) is 27.0. The lowest BCUT2D eigenvalue weighted by Crippen LogP contribution is -2.34. The topological polar surface area (TPSA) is 51.3 Å². The van der Waals surface area contributed by atoms with Crippen LogP contribution in [0, 0.1) is 19.8 Å². The van der Waals surface area contributed by atoms with Crippen LogP contribution in [-0.2, 0) is 25.7 Å². The van der Waals surface area contributed by atoms with Gasteiger partial charge in [0.1, 0.15) is 0 Å². The molecule has 0 atom stereocenters. The second-order valence-corrected chi connectivity index (χ2v) is 10.9. The second kappa shape index (κ2) is 10.9. The minimum Gasteiger partial charge on any atom is -0.366 e. The number of benzene rings is 3. The van der Waals surface area contributed by atoms with Gasteiger partial charge in [-0.3, -0.25) is 9.69 Å². The zero-order valence-corrected chi connectivity index (χ0v) is 22.4. The third-order valence-electron chi connectivity index (χ3n) is 8.00. The molecule has 1 saturated heterocycles. The van der Waals surface area contributed by atoms with E-state index in [-0.39, 0.29) is 0 Å². The normalized spacial score (nSPS) is 15.2. The fourth-order valence-corrected chi connectivity index (χ4v) is 5.91. The van der Waals surface area contributed by atoms with Gasteiger partial charge in [0.25, 0.3) is 0 Å². The van der Waals surface area contributed by atoms with Crippen LogP contribution >= 0.6 is 0 Å². The molecule has 2 N–H and O–H groups in total. The molecule has 1 aliphatic heterocycles. The van der Waals surface area contributed by atoms with Crippen molar-refractivity contribution in [1.29, 1.82) is 0 Å². The number of aromatic nitrogens is 1. The van der Waals surface area contributed by atoms with Crippen LogP contribution in [0.25, 0.3) is 10.9 Å². The average molecular weight is 534 g/mol. The summed E-state index contributed by atoms with van der Waals surface area (Å²) >= 11 is 0. The van der Waals surface area contributed by atoms with Gasteiger partial charge in [0.05, 0.1) is 5.56 Å². The molecule has 0 spiro atoms. The van der Waals surface area contributed by atoms with Crippen LogP contribution in [-0.4, -0.2) is 28.5 Å². The molecule has 3 aromatic carbocycles. The molecule has 5 rings (SSSR count). The average Bonchev–Trinajstić information content (AvgIpc) is 3.15. The molecular weight excluding hydrogens is 499 g/mol. The van der Waals surface area contributed by atoms with Crippen LogP contribution in [0.2, 0.25) is 0 Å². The van der Waals surface area contributed by atoms with Gasteiger partial charge in [-0.2, -0.15) is 13.2 Å². The Morgan fingerprint density at radius 3 is 2.31 bits per heavy atom. The maximum absolute atomic E-state index is 13.3. The molecule has 2 heterocycles. The molecule has 4 aromatic rings. The number of fused-ring (bicyclic) bond motifs is 1. The lowest BCUT2D eigenvalue weighted by molar-refractivity contribution is -0.137. The van der Waals surface area contributed by atoms with Crippen molar-refractivity contribution in [3.8, 4) is 0 Å². The highest BCUT2D eigenvalue weighted by Crippen LogP contribution is 2.33. The highest BCUT2D eigenvalue weighted by atomic mass is 19.4. The number of rotatable bonds is 7. The Morgan fingerprint density at radius 2 is 1.64 bits per heavy atom. The van der Waals surface area contributed by atoms with Crippen molar-refractivity contribution in [2.45, 2.75) is 52.4 Å². The van der Waals surface area contributed by atoms with Crippen LogP contribution in [0.15, 0.2) is 66.7 Å². The number of alkyl halides is 3. The van der Waals surface area contributed by atoms with Gasteiger partial charge in [-0.1, -0.05) is 42.0 Å². The monoisotopic (exact) mass is 533 g/mol. The molecule has 0 saturated carbocycles. The van der Waals surface area contributed by atoms with Gasteiger partial charge in [-0.25, -0.2) is 0 Å². The first-order chi connectivity index (χ1) is 18.6. The molecular formula is C32H34F3N3O. The summed E-state index contributed by atoms with van der Waals surface area (Å²) in [4.78, 5) is 13.7. The molecule has 204 valence electrons. The molecule has 1 fully saturated rings. The van der Waals surface area contributed by atoms with E-state index in [1.807, 2.05) is 18.2 Å². The van der Waals surface area contributed by atoms with Crippen molar-refractivity contribution in [3.05, 3.63) is 106 Å². The summed E-state index contributed by atoms with van der Waals surface area (Å²) in [5.41, 5.74) is 11.6. The van der Waals surface area contributed by atoms with Crippen molar-refractivity contribution in [3.63, 3.8) is 0 Å². The van der Waals surface area contributed by atoms with E-state index in [0.29, 0.717) is 23.6 Å². The number of halogens is 3. The second-order valence-electron chi connectivity index (χ2n) is 10.9. The quantitative estimate of drug-likeness (QED) is 0.282. The summed E-state index contributed by atoms with van der Waals surface area (Å²) in [5.74, 6) is 0.0759. The Labute approximate surface area is 227 Å². The first-order valence-electron chi connectivity index (χ1n) is 13.4. The third kappa shape index (κ3) is 6.04. The van der Waals surface area contributed by atoms with Gasteiger partial charge in [0, 0.05) is 35.2 Å². The predicted molar refractivity (Wildman–Crippen MR) is 149 cm³/mol. The highest BCUT2D eigenvalue weighted by molar-refractivity contribution is 5.92. The number of carbonyl (C=O) groups is 1. The van der Waals surface area contributed by atoms with Crippen molar-refractivity contribution in [2.24, 2.45) is 11.7 Å². The maximum Gasteiger partial charge on any atom is 0.416 e. The van der Waals surface area contributed by atoms with E-state index in [4.69, 9.17) is 5.73 Å². The summed E-state index contributed by atoms with van der Waals surface area (Å²) < 4.78 is 42.2. The Hall–Kier alpha value is -3.58. The molecule has 0 aliphatic carbocycles. The first-order valence-corrected chi connectivity index (χ1v) is 13.4. The molecule has 1 aliphatic rings. The van der Waals surface area contributed by atoms with E-state index < -0.39 is 17.6 Å². The number of para-hydroxylation sites is 1. The van der Waals surface area contributed by atoms with Crippen LogP contribution in [0.3, 0.4) is 0 Å². The van der Waals surface area contributed by atoms with Gasteiger partial charge in [0.2, 0.25) is 5.91 Å². The van der Waals surface area contributed by atoms with E-state index >= 15 is 0 Å². The lowest BCUT2D eigenvalue weighted by atomic mass is 9.95. The molecule has 7 heteroatoms. The largest absolute Gasteiger partial charge is 0.416 e. The highest BCUT2D eigenvalue weighted by Gasteiger charge is 2.31. The molecule has 1 amide bonds. The summed E-state index contributed by atoms with van der Waals surface area (Å²) in [6.07, 6.45) is -1.54. The Balaban J connectivity index is 1.28. The SMILES string of the molecule is Cc1cc(CN2CCC(Cn3c(C)c(Cc4ccc(C(N)=O)cc4)c4ccccc43)CC2)cc(C(F)(F)F)c1. The minimum atomic E-state index is -4.32. The van der Waals surface area contributed by atoms with E-state index in [0.717, 1.165) is 50.0 Å². The third-order valence-corrected chi connectivity index (χ3v) is 8.00. The number of carbonyl (C=O) groups excluding carboxylic acids is 1. The number of nitrogens with two attached hydrogens (primary N) is 1. The Bertz CT molecular complexity index is 1480. The van der Waals surface area contributed by atoms with Crippen LogP contribution in [0.1, 0.15) is 56.7 Å².